The number of aromatic nitrogens is 1. The smallest absolute Gasteiger partial charge is 0.257 e. The lowest BCUT2D eigenvalue weighted by Gasteiger charge is -2.06. The third kappa shape index (κ3) is 3.60. The maximum atomic E-state index is 12.4. The predicted octanol–water partition coefficient (Wildman–Crippen LogP) is 5.33. The molecule has 0 aliphatic rings. The Labute approximate surface area is 144 Å². The third-order valence-corrected chi connectivity index (χ3v) is 4.50. The maximum absolute atomic E-state index is 12.4. The van der Waals surface area contributed by atoms with Crippen molar-refractivity contribution < 1.29 is 4.79 Å². The molecule has 0 bridgehead atoms. The zero-order valence-corrected chi connectivity index (χ0v) is 14.3. The summed E-state index contributed by atoms with van der Waals surface area (Å²) in [5.74, 6) is -0.139. The van der Waals surface area contributed by atoms with Crippen LogP contribution in [0.4, 0.5) is 5.13 Å². The number of benzene rings is 2. The fraction of sp³-hybridized carbons (Fsp3) is 0.111. The average Bonchev–Trinajstić information content (AvgIpc) is 2.96. The van der Waals surface area contributed by atoms with Crippen LogP contribution in [-0.2, 0) is 0 Å². The van der Waals surface area contributed by atoms with E-state index in [4.69, 9.17) is 11.6 Å². The highest BCUT2D eigenvalue weighted by molar-refractivity contribution is 7.14. The molecule has 0 radical (unpaired) electrons. The molecule has 0 unspecified atom stereocenters. The van der Waals surface area contributed by atoms with Crippen LogP contribution in [0.15, 0.2) is 47.8 Å². The molecular formula is C18H15ClN2OS. The van der Waals surface area contributed by atoms with E-state index in [-0.39, 0.29) is 5.91 Å². The molecule has 1 aromatic heterocycles. The average molecular weight is 343 g/mol. The van der Waals surface area contributed by atoms with Gasteiger partial charge in [0.2, 0.25) is 0 Å². The molecule has 3 nitrogen and oxygen atoms in total. The van der Waals surface area contributed by atoms with E-state index in [1.165, 1.54) is 11.3 Å². The van der Waals surface area contributed by atoms with Crippen molar-refractivity contribution in [2.45, 2.75) is 13.8 Å². The van der Waals surface area contributed by atoms with E-state index in [0.29, 0.717) is 15.7 Å². The van der Waals surface area contributed by atoms with E-state index >= 15 is 0 Å². The van der Waals surface area contributed by atoms with Gasteiger partial charge in [-0.25, -0.2) is 4.98 Å². The molecule has 0 spiro atoms. The fourth-order valence-electron chi connectivity index (χ4n) is 2.32. The maximum Gasteiger partial charge on any atom is 0.257 e. The summed E-state index contributed by atoms with van der Waals surface area (Å²) in [5, 5.41) is 6.05. The Kier molecular flexibility index (Phi) is 4.46. The Hall–Kier alpha value is -2.17. The highest BCUT2D eigenvalue weighted by Crippen LogP contribution is 2.26. The van der Waals surface area contributed by atoms with Crippen LogP contribution >= 0.6 is 22.9 Å². The normalized spacial score (nSPS) is 10.6. The van der Waals surface area contributed by atoms with Gasteiger partial charge in [-0.3, -0.25) is 10.1 Å². The number of rotatable bonds is 3. The van der Waals surface area contributed by atoms with Crippen molar-refractivity contribution >= 4 is 34.0 Å². The molecule has 2 aromatic carbocycles. The Morgan fingerprint density at radius 3 is 2.57 bits per heavy atom. The van der Waals surface area contributed by atoms with Crippen molar-refractivity contribution in [3.63, 3.8) is 0 Å². The highest BCUT2D eigenvalue weighted by Gasteiger charge is 2.12. The van der Waals surface area contributed by atoms with Crippen LogP contribution in [0.25, 0.3) is 11.3 Å². The molecule has 0 aliphatic heterocycles. The van der Waals surface area contributed by atoms with Crippen LogP contribution in [0.3, 0.4) is 0 Å². The highest BCUT2D eigenvalue weighted by atomic mass is 35.5. The lowest BCUT2D eigenvalue weighted by molar-refractivity contribution is 0.102. The molecular weight excluding hydrogens is 328 g/mol. The fourth-order valence-corrected chi connectivity index (χ4v) is 3.16. The number of nitrogens with one attached hydrogen (secondary N) is 1. The lowest BCUT2D eigenvalue weighted by atomic mass is 10.1. The number of aryl methyl sites for hydroxylation is 2. The van der Waals surface area contributed by atoms with Crippen molar-refractivity contribution in [3.05, 3.63) is 69.6 Å². The Bertz CT molecular complexity index is 856. The first kappa shape index (κ1) is 15.7. The van der Waals surface area contributed by atoms with Gasteiger partial charge in [-0.15, -0.1) is 11.3 Å². The second kappa shape index (κ2) is 6.52. The van der Waals surface area contributed by atoms with Crippen LogP contribution in [-0.4, -0.2) is 10.9 Å². The van der Waals surface area contributed by atoms with Crippen LogP contribution in [0.5, 0.6) is 0 Å². The number of thiazole rings is 1. The molecule has 1 N–H and O–H groups in total. The molecule has 23 heavy (non-hydrogen) atoms. The summed E-state index contributed by atoms with van der Waals surface area (Å²) in [5.41, 5.74) is 4.55. The standard InChI is InChI=1S/C18H15ClN2OS/c1-11-3-8-15(12(2)9-11)17(22)21-18-20-16(10-23-18)13-4-6-14(19)7-5-13/h3-10H,1-2H3,(H,20,21,22). The van der Waals surface area contributed by atoms with Crippen molar-refractivity contribution in [1.29, 1.82) is 0 Å². The van der Waals surface area contributed by atoms with E-state index in [2.05, 4.69) is 10.3 Å². The van der Waals surface area contributed by atoms with Gasteiger partial charge in [0.1, 0.15) is 0 Å². The van der Waals surface area contributed by atoms with Crippen LogP contribution in [0.1, 0.15) is 21.5 Å². The largest absolute Gasteiger partial charge is 0.298 e. The summed E-state index contributed by atoms with van der Waals surface area (Å²) >= 11 is 7.30. The van der Waals surface area contributed by atoms with E-state index in [1.54, 1.807) is 0 Å². The molecule has 1 heterocycles. The minimum Gasteiger partial charge on any atom is -0.298 e. The van der Waals surface area contributed by atoms with Crippen LogP contribution < -0.4 is 5.32 Å². The number of amides is 1. The zero-order chi connectivity index (χ0) is 16.4. The Balaban J connectivity index is 1.78. The lowest BCUT2D eigenvalue weighted by Crippen LogP contribution is -2.13. The molecule has 5 heteroatoms. The van der Waals surface area contributed by atoms with Crippen molar-refractivity contribution in [1.82, 2.24) is 4.98 Å². The third-order valence-electron chi connectivity index (χ3n) is 3.49. The van der Waals surface area contributed by atoms with Gasteiger partial charge in [-0.05, 0) is 37.6 Å². The first-order valence-corrected chi connectivity index (χ1v) is 8.39. The zero-order valence-electron chi connectivity index (χ0n) is 12.8. The van der Waals surface area contributed by atoms with E-state index in [0.717, 1.165) is 22.4 Å². The van der Waals surface area contributed by atoms with Gasteiger partial charge in [-0.1, -0.05) is 41.4 Å². The first-order valence-electron chi connectivity index (χ1n) is 7.13. The molecule has 1 amide bonds. The van der Waals surface area contributed by atoms with Gasteiger partial charge in [-0.2, -0.15) is 0 Å². The van der Waals surface area contributed by atoms with Gasteiger partial charge in [0.05, 0.1) is 5.69 Å². The summed E-state index contributed by atoms with van der Waals surface area (Å²) in [6.07, 6.45) is 0. The minimum atomic E-state index is -0.139. The molecule has 3 aromatic rings. The Morgan fingerprint density at radius 2 is 1.87 bits per heavy atom. The minimum absolute atomic E-state index is 0.139. The molecule has 0 fully saturated rings. The van der Waals surface area contributed by atoms with E-state index in [1.807, 2.05) is 61.7 Å². The summed E-state index contributed by atoms with van der Waals surface area (Å²) in [6.45, 7) is 3.94. The molecule has 0 saturated heterocycles. The number of hydrogen-bond acceptors (Lipinski definition) is 3. The molecule has 116 valence electrons. The number of hydrogen-bond donors (Lipinski definition) is 1. The number of carbonyl (C=O) groups is 1. The summed E-state index contributed by atoms with van der Waals surface area (Å²) < 4.78 is 0. The predicted molar refractivity (Wildman–Crippen MR) is 96.4 cm³/mol. The SMILES string of the molecule is Cc1ccc(C(=O)Nc2nc(-c3ccc(Cl)cc3)cs2)c(C)c1. The summed E-state index contributed by atoms with van der Waals surface area (Å²) in [7, 11) is 0. The van der Waals surface area contributed by atoms with Crippen LogP contribution in [0.2, 0.25) is 5.02 Å². The summed E-state index contributed by atoms with van der Waals surface area (Å²) in [6, 6.07) is 13.2. The van der Waals surface area contributed by atoms with E-state index in [9.17, 15) is 4.79 Å². The quantitative estimate of drug-likeness (QED) is 0.698. The van der Waals surface area contributed by atoms with Gasteiger partial charge < -0.3 is 0 Å². The number of nitrogens with zero attached hydrogens (tertiary/aromatic N) is 1. The van der Waals surface area contributed by atoms with Crippen LogP contribution in [0, 0.1) is 13.8 Å². The molecule has 0 saturated carbocycles. The molecule has 3 rings (SSSR count). The van der Waals surface area contributed by atoms with Gasteiger partial charge in [0.25, 0.3) is 5.91 Å². The second-order valence-electron chi connectivity index (χ2n) is 5.32. The molecule has 0 aliphatic carbocycles. The second-order valence-corrected chi connectivity index (χ2v) is 6.61. The van der Waals surface area contributed by atoms with Gasteiger partial charge in [0, 0.05) is 21.5 Å². The topological polar surface area (TPSA) is 42.0 Å². The Morgan fingerprint density at radius 1 is 1.13 bits per heavy atom. The number of anilines is 1. The van der Waals surface area contributed by atoms with E-state index < -0.39 is 0 Å². The number of carbonyl (C=O) groups excluding carboxylic acids is 1. The monoisotopic (exact) mass is 342 g/mol. The summed E-state index contributed by atoms with van der Waals surface area (Å²) in [4.78, 5) is 16.8. The molecule has 0 atom stereocenters. The van der Waals surface area contributed by atoms with Crippen molar-refractivity contribution in [3.8, 4) is 11.3 Å². The first-order chi connectivity index (χ1) is 11.0. The van der Waals surface area contributed by atoms with Crippen molar-refractivity contribution in [2.24, 2.45) is 0 Å². The van der Waals surface area contributed by atoms with Crippen molar-refractivity contribution in [2.75, 3.05) is 5.32 Å². The van der Waals surface area contributed by atoms with Gasteiger partial charge in [0.15, 0.2) is 5.13 Å². The van der Waals surface area contributed by atoms with Gasteiger partial charge >= 0.3 is 0 Å². The number of halogens is 1.